The summed E-state index contributed by atoms with van der Waals surface area (Å²) in [6.07, 6.45) is 0.492. The standard InChI is InChI=1S/C17H26N2O2.ClH/c1-12-5-6-13(2)16(9-12)14(3)19(4)17(20)10-15-11-21-8-7-18-15;/h5-6,9,14-15,18H,7-8,10-11H2,1-4H3;1H. The Labute approximate surface area is 139 Å². The van der Waals surface area contributed by atoms with E-state index in [1.807, 2.05) is 11.9 Å². The highest BCUT2D eigenvalue weighted by Gasteiger charge is 2.23. The normalized spacial score (nSPS) is 19.2. The molecule has 1 aliphatic rings. The van der Waals surface area contributed by atoms with Gasteiger partial charge in [0.2, 0.25) is 5.91 Å². The maximum absolute atomic E-state index is 12.5. The van der Waals surface area contributed by atoms with Crippen molar-refractivity contribution >= 4 is 18.3 Å². The molecule has 0 spiro atoms. The predicted molar refractivity (Wildman–Crippen MR) is 91.6 cm³/mol. The minimum atomic E-state index is 0. The summed E-state index contributed by atoms with van der Waals surface area (Å²) in [6.45, 7) is 8.45. The van der Waals surface area contributed by atoms with Gasteiger partial charge in [-0.25, -0.2) is 0 Å². The number of hydrogen-bond acceptors (Lipinski definition) is 3. The SMILES string of the molecule is Cc1ccc(C)c(C(C)N(C)C(=O)CC2COCCN2)c1.Cl. The van der Waals surface area contributed by atoms with E-state index in [0.717, 1.165) is 13.2 Å². The number of nitrogens with zero attached hydrogens (tertiary/aromatic N) is 1. The molecule has 0 aliphatic carbocycles. The molecule has 2 atom stereocenters. The third-order valence-corrected chi connectivity index (χ3v) is 4.28. The maximum Gasteiger partial charge on any atom is 0.224 e. The van der Waals surface area contributed by atoms with Gasteiger partial charge in [-0.15, -0.1) is 12.4 Å². The lowest BCUT2D eigenvalue weighted by Gasteiger charge is -2.30. The van der Waals surface area contributed by atoms with Crippen LogP contribution in [-0.2, 0) is 9.53 Å². The van der Waals surface area contributed by atoms with Crippen LogP contribution in [-0.4, -0.2) is 43.7 Å². The molecule has 0 aromatic heterocycles. The van der Waals surface area contributed by atoms with Crippen LogP contribution in [0.25, 0.3) is 0 Å². The minimum Gasteiger partial charge on any atom is -0.378 e. The second-order valence-electron chi connectivity index (χ2n) is 5.97. The molecule has 1 saturated heterocycles. The second kappa shape index (κ2) is 8.51. The van der Waals surface area contributed by atoms with Crippen LogP contribution < -0.4 is 5.32 Å². The van der Waals surface area contributed by atoms with Crippen LogP contribution in [0.1, 0.15) is 36.1 Å². The van der Waals surface area contributed by atoms with E-state index in [-0.39, 0.29) is 30.4 Å². The Kier molecular flexibility index (Phi) is 7.33. The number of halogens is 1. The summed E-state index contributed by atoms with van der Waals surface area (Å²) in [5.41, 5.74) is 3.68. The van der Waals surface area contributed by atoms with E-state index in [1.54, 1.807) is 0 Å². The third kappa shape index (κ3) is 4.70. The fraction of sp³-hybridized carbons (Fsp3) is 0.588. The molecule has 0 saturated carbocycles. The Bertz CT molecular complexity index is 501. The molecule has 1 aliphatic heterocycles. The van der Waals surface area contributed by atoms with Crippen molar-refractivity contribution < 1.29 is 9.53 Å². The van der Waals surface area contributed by atoms with Crippen molar-refractivity contribution in [3.8, 4) is 0 Å². The fourth-order valence-electron chi connectivity index (χ4n) is 2.74. The van der Waals surface area contributed by atoms with Gasteiger partial charge in [-0.3, -0.25) is 4.79 Å². The third-order valence-electron chi connectivity index (χ3n) is 4.28. The Hall–Kier alpha value is -1.10. The summed E-state index contributed by atoms with van der Waals surface area (Å²) in [5.74, 6) is 0.159. The summed E-state index contributed by atoms with van der Waals surface area (Å²) in [6, 6.07) is 6.62. The fourth-order valence-corrected chi connectivity index (χ4v) is 2.74. The summed E-state index contributed by atoms with van der Waals surface area (Å²) in [5, 5.41) is 3.33. The zero-order valence-electron chi connectivity index (χ0n) is 13.9. The Morgan fingerprint density at radius 3 is 2.82 bits per heavy atom. The van der Waals surface area contributed by atoms with Crippen LogP contribution >= 0.6 is 12.4 Å². The molecule has 1 fully saturated rings. The van der Waals surface area contributed by atoms with Gasteiger partial charge in [-0.1, -0.05) is 23.8 Å². The van der Waals surface area contributed by atoms with Crippen LogP contribution in [0.4, 0.5) is 0 Å². The van der Waals surface area contributed by atoms with Crippen molar-refractivity contribution in [2.45, 2.75) is 39.3 Å². The number of amides is 1. The molecule has 0 bridgehead atoms. The van der Waals surface area contributed by atoms with Crippen molar-refractivity contribution in [1.82, 2.24) is 10.2 Å². The predicted octanol–water partition coefficient (Wildman–Crippen LogP) is 2.62. The first-order valence-corrected chi connectivity index (χ1v) is 7.63. The van der Waals surface area contributed by atoms with E-state index in [1.165, 1.54) is 16.7 Å². The first-order chi connectivity index (χ1) is 9.99. The van der Waals surface area contributed by atoms with Gasteiger partial charge in [0.1, 0.15) is 0 Å². The number of benzene rings is 1. The van der Waals surface area contributed by atoms with Crippen LogP contribution in [0, 0.1) is 13.8 Å². The van der Waals surface area contributed by atoms with Gasteiger partial charge in [0.15, 0.2) is 0 Å². The van der Waals surface area contributed by atoms with Crippen molar-refractivity contribution in [3.63, 3.8) is 0 Å². The zero-order chi connectivity index (χ0) is 15.4. The highest BCUT2D eigenvalue weighted by molar-refractivity contribution is 5.85. The van der Waals surface area contributed by atoms with Crippen molar-refractivity contribution in [3.05, 3.63) is 34.9 Å². The van der Waals surface area contributed by atoms with E-state index < -0.39 is 0 Å². The molecule has 1 heterocycles. The van der Waals surface area contributed by atoms with Gasteiger partial charge in [0, 0.05) is 26.1 Å². The molecule has 1 aromatic carbocycles. The molecule has 1 N–H and O–H groups in total. The van der Waals surface area contributed by atoms with E-state index in [0.29, 0.717) is 13.0 Å². The smallest absolute Gasteiger partial charge is 0.224 e. The maximum atomic E-state index is 12.5. The average molecular weight is 327 g/mol. The van der Waals surface area contributed by atoms with E-state index in [9.17, 15) is 4.79 Å². The number of carbonyl (C=O) groups excluding carboxylic acids is 1. The molecule has 1 aromatic rings. The van der Waals surface area contributed by atoms with Gasteiger partial charge >= 0.3 is 0 Å². The lowest BCUT2D eigenvalue weighted by molar-refractivity contribution is -0.133. The van der Waals surface area contributed by atoms with Crippen LogP contribution in [0.3, 0.4) is 0 Å². The molecule has 5 heteroatoms. The molecule has 4 nitrogen and oxygen atoms in total. The number of morpholine rings is 1. The lowest BCUT2D eigenvalue weighted by atomic mass is 9.98. The minimum absolute atomic E-state index is 0. The molecule has 22 heavy (non-hydrogen) atoms. The first-order valence-electron chi connectivity index (χ1n) is 7.63. The van der Waals surface area contributed by atoms with Crippen molar-refractivity contribution in [2.75, 3.05) is 26.8 Å². The molecule has 1 amide bonds. The van der Waals surface area contributed by atoms with Gasteiger partial charge in [-0.2, -0.15) is 0 Å². The number of hydrogen-bond donors (Lipinski definition) is 1. The van der Waals surface area contributed by atoms with Crippen molar-refractivity contribution in [2.24, 2.45) is 0 Å². The summed E-state index contributed by atoms with van der Waals surface area (Å²) in [7, 11) is 1.89. The number of nitrogens with one attached hydrogen (secondary N) is 1. The Balaban J connectivity index is 0.00000242. The van der Waals surface area contributed by atoms with E-state index in [4.69, 9.17) is 4.74 Å². The quantitative estimate of drug-likeness (QED) is 0.924. The van der Waals surface area contributed by atoms with Gasteiger partial charge in [-0.05, 0) is 31.9 Å². The number of rotatable bonds is 4. The molecule has 2 unspecified atom stereocenters. The highest BCUT2D eigenvalue weighted by Crippen LogP contribution is 2.24. The van der Waals surface area contributed by atoms with Crippen LogP contribution in [0.5, 0.6) is 0 Å². The average Bonchev–Trinajstić information content (AvgIpc) is 2.49. The summed E-state index contributed by atoms with van der Waals surface area (Å²) >= 11 is 0. The first kappa shape index (κ1) is 18.9. The summed E-state index contributed by atoms with van der Waals surface area (Å²) in [4.78, 5) is 14.3. The van der Waals surface area contributed by atoms with Crippen LogP contribution in [0.2, 0.25) is 0 Å². The van der Waals surface area contributed by atoms with E-state index in [2.05, 4.69) is 44.3 Å². The molecule has 2 rings (SSSR count). The number of ether oxygens (including phenoxy) is 1. The monoisotopic (exact) mass is 326 g/mol. The van der Waals surface area contributed by atoms with Crippen molar-refractivity contribution in [1.29, 1.82) is 0 Å². The molecular formula is C17H27ClN2O2. The highest BCUT2D eigenvalue weighted by atomic mass is 35.5. The Morgan fingerprint density at radius 2 is 2.18 bits per heavy atom. The van der Waals surface area contributed by atoms with Gasteiger partial charge < -0.3 is 15.0 Å². The number of aryl methyl sites for hydroxylation is 2. The van der Waals surface area contributed by atoms with E-state index >= 15 is 0 Å². The molecular weight excluding hydrogens is 300 g/mol. The topological polar surface area (TPSA) is 41.6 Å². The number of carbonyl (C=O) groups is 1. The lowest BCUT2D eigenvalue weighted by Crippen LogP contribution is -2.44. The largest absolute Gasteiger partial charge is 0.378 e. The zero-order valence-corrected chi connectivity index (χ0v) is 14.7. The van der Waals surface area contributed by atoms with Crippen LogP contribution in [0.15, 0.2) is 18.2 Å². The molecule has 0 radical (unpaired) electrons. The second-order valence-corrected chi connectivity index (χ2v) is 5.97. The van der Waals surface area contributed by atoms with Gasteiger partial charge in [0.05, 0.1) is 19.3 Å². The van der Waals surface area contributed by atoms with Gasteiger partial charge in [0.25, 0.3) is 0 Å². The molecule has 124 valence electrons. The summed E-state index contributed by atoms with van der Waals surface area (Å²) < 4.78 is 5.41. The Morgan fingerprint density at radius 1 is 1.45 bits per heavy atom.